The van der Waals surface area contributed by atoms with Crippen LogP contribution in [0.3, 0.4) is 0 Å². The third-order valence-electron chi connectivity index (χ3n) is 7.18. The van der Waals surface area contributed by atoms with E-state index in [1.165, 1.54) is 40.1 Å². The topological polar surface area (TPSA) is 305 Å². The fraction of sp³-hybridized carbons (Fsp3) is 0.185. The SMILES string of the molecule is Nc1nc(/C(=N/OCc2ccc(O)c(O)c2C(=O)O)C(=O)N[C@@H]2C(=O)N3C(C(=O)O)=C(CSc4cc(C(=O)O)nc5ncnn45)CS[C@H]23)cs1. The number of nitrogens with one attached hydrogen (secondary N) is 1. The molecule has 1 fully saturated rings. The average molecular weight is 744 g/mol. The second kappa shape index (κ2) is 13.5. The molecule has 2 amide bonds. The maximum Gasteiger partial charge on any atom is 0.354 e. The molecule has 1 saturated heterocycles. The lowest BCUT2D eigenvalue weighted by Crippen LogP contribution is -2.71. The lowest BCUT2D eigenvalue weighted by Gasteiger charge is -2.49. The molecular formula is C27H21N9O11S3. The number of phenols is 2. The number of anilines is 1. The van der Waals surface area contributed by atoms with Crippen molar-refractivity contribution in [3.63, 3.8) is 0 Å². The first-order chi connectivity index (χ1) is 23.8. The van der Waals surface area contributed by atoms with Gasteiger partial charge >= 0.3 is 17.9 Å². The number of aromatic hydroxyl groups is 2. The number of carbonyl (C=O) groups excluding carboxylic acids is 2. The Labute approximate surface area is 290 Å². The zero-order valence-electron chi connectivity index (χ0n) is 24.8. The number of carbonyl (C=O) groups is 5. The van der Waals surface area contributed by atoms with Crippen molar-refractivity contribution in [2.75, 3.05) is 17.2 Å². The summed E-state index contributed by atoms with van der Waals surface area (Å²) in [7, 11) is 0. The summed E-state index contributed by atoms with van der Waals surface area (Å²) in [6.45, 7) is -0.562. The molecule has 2 atom stereocenters. The monoisotopic (exact) mass is 743 g/mol. The summed E-state index contributed by atoms with van der Waals surface area (Å²) in [5, 5.41) is 59.9. The van der Waals surface area contributed by atoms with Crippen molar-refractivity contribution in [1.29, 1.82) is 0 Å². The summed E-state index contributed by atoms with van der Waals surface area (Å²) in [4.78, 5) is 80.5. The van der Waals surface area contributed by atoms with Gasteiger partial charge in [0.15, 0.2) is 28.0 Å². The van der Waals surface area contributed by atoms with Gasteiger partial charge in [-0.05, 0) is 11.6 Å². The van der Waals surface area contributed by atoms with Crippen LogP contribution in [0.25, 0.3) is 5.78 Å². The van der Waals surface area contributed by atoms with Gasteiger partial charge in [-0.25, -0.2) is 24.4 Å². The Kier molecular flexibility index (Phi) is 9.18. The number of nitrogens with zero attached hydrogens (tertiary/aromatic N) is 7. The molecule has 20 nitrogen and oxygen atoms in total. The summed E-state index contributed by atoms with van der Waals surface area (Å²) < 4.78 is 1.30. The number of amides is 2. The highest BCUT2D eigenvalue weighted by Gasteiger charge is 2.54. The van der Waals surface area contributed by atoms with Crippen LogP contribution in [0.4, 0.5) is 5.13 Å². The van der Waals surface area contributed by atoms with E-state index in [0.29, 0.717) is 10.6 Å². The second-order valence-corrected chi connectivity index (χ2v) is 13.2. The van der Waals surface area contributed by atoms with Gasteiger partial charge in [-0.3, -0.25) is 14.5 Å². The molecule has 4 aromatic rings. The molecule has 258 valence electrons. The number of thioether (sulfide) groups is 2. The van der Waals surface area contributed by atoms with Gasteiger partial charge in [0.25, 0.3) is 17.6 Å². The standard InChI is InChI=1S/C27H21N9O11S3/c28-26-31-12(7-50-26)16(34-47-4-9-1-2-13(37)19(38)15(9)24(43)44)20(39)33-17-21(40)35-18(25(45)46)10(6-49-22(17)35)5-48-14-3-11(23(41)42)32-27-29-8-30-36(14)27/h1-3,7-8,17,22,37-38H,4-6H2,(H2,28,31)(H,33,39)(H,41,42)(H,43,44)(H,45,46)/b34-16-/t17-,22-/m1/s1. The van der Waals surface area contributed by atoms with Crippen LogP contribution in [0.5, 0.6) is 11.5 Å². The fourth-order valence-electron chi connectivity index (χ4n) is 4.91. The van der Waals surface area contributed by atoms with Crippen LogP contribution in [0.1, 0.15) is 32.1 Å². The van der Waals surface area contributed by atoms with Crippen LogP contribution in [0.15, 0.2) is 51.4 Å². The quantitative estimate of drug-likeness (QED) is 0.0258. The van der Waals surface area contributed by atoms with Crippen molar-refractivity contribution in [2.24, 2.45) is 5.16 Å². The van der Waals surface area contributed by atoms with Gasteiger partial charge < -0.3 is 41.4 Å². The van der Waals surface area contributed by atoms with Crippen molar-refractivity contribution >= 4 is 81.2 Å². The third-order valence-corrected chi connectivity index (χ3v) is 10.3. The Morgan fingerprint density at radius 1 is 1.10 bits per heavy atom. The minimum absolute atomic E-state index is 0.0349. The summed E-state index contributed by atoms with van der Waals surface area (Å²) in [6, 6.07) is 2.31. The lowest BCUT2D eigenvalue weighted by atomic mass is 10.0. The van der Waals surface area contributed by atoms with Crippen molar-refractivity contribution < 1.29 is 54.3 Å². The smallest absolute Gasteiger partial charge is 0.354 e. The Bertz CT molecular complexity index is 2170. The number of β-lactam (4-membered cyclic amide) rings is 1. The molecule has 5 heterocycles. The van der Waals surface area contributed by atoms with Gasteiger partial charge in [0.1, 0.15) is 46.3 Å². The van der Waals surface area contributed by atoms with Crippen LogP contribution in [0, 0.1) is 0 Å². The first-order valence-electron chi connectivity index (χ1n) is 13.8. The van der Waals surface area contributed by atoms with E-state index in [-0.39, 0.29) is 45.1 Å². The van der Waals surface area contributed by atoms with Crippen molar-refractivity contribution in [3.05, 3.63) is 63.7 Å². The Morgan fingerprint density at radius 2 is 1.88 bits per heavy atom. The molecule has 0 saturated carbocycles. The Hall–Kier alpha value is -5.94. The van der Waals surface area contributed by atoms with E-state index >= 15 is 0 Å². The summed E-state index contributed by atoms with van der Waals surface area (Å²) >= 11 is 3.24. The van der Waals surface area contributed by atoms with Crippen molar-refractivity contribution in [1.82, 2.24) is 34.8 Å². The zero-order valence-corrected chi connectivity index (χ0v) is 27.2. The molecule has 1 aromatic carbocycles. The lowest BCUT2D eigenvalue weighted by molar-refractivity contribution is -0.150. The van der Waals surface area contributed by atoms with E-state index in [1.807, 2.05) is 0 Å². The number of fused-ring (bicyclic) bond motifs is 2. The van der Waals surface area contributed by atoms with Gasteiger partial charge in [-0.1, -0.05) is 11.2 Å². The number of nitrogens with two attached hydrogens (primary N) is 1. The number of thiazole rings is 1. The molecular weight excluding hydrogens is 723 g/mol. The number of hydrogen-bond donors (Lipinski definition) is 7. The van der Waals surface area contributed by atoms with E-state index in [9.17, 15) is 49.5 Å². The molecule has 0 spiro atoms. The zero-order chi connectivity index (χ0) is 35.9. The molecule has 0 aliphatic carbocycles. The van der Waals surface area contributed by atoms with Gasteiger partial charge in [0.2, 0.25) is 0 Å². The van der Waals surface area contributed by atoms with E-state index in [1.54, 1.807) is 0 Å². The maximum atomic E-state index is 13.5. The number of benzene rings is 1. The average Bonchev–Trinajstić information content (AvgIpc) is 3.74. The largest absolute Gasteiger partial charge is 0.504 e. The molecule has 2 aliphatic heterocycles. The molecule has 2 aliphatic rings. The maximum absolute atomic E-state index is 13.5. The van der Waals surface area contributed by atoms with Gasteiger partial charge in [-0.15, -0.1) is 34.9 Å². The van der Waals surface area contributed by atoms with Crippen LogP contribution in [-0.2, 0) is 25.8 Å². The van der Waals surface area contributed by atoms with E-state index in [2.05, 4.69) is 30.5 Å². The minimum atomic E-state index is -1.56. The van der Waals surface area contributed by atoms with Crippen LogP contribution in [-0.4, -0.2) is 113 Å². The van der Waals surface area contributed by atoms with Crippen LogP contribution >= 0.6 is 34.9 Å². The first-order valence-corrected chi connectivity index (χ1v) is 16.7. The number of aromatic nitrogens is 5. The molecule has 0 radical (unpaired) electrons. The van der Waals surface area contributed by atoms with Gasteiger partial charge in [0.05, 0.1) is 0 Å². The number of nitrogen functional groups attached to an aromatic ring is 1. The highest BCUT2D eigenvalue weighted by molar-refractivity contribution is 8.01. The fourth-order valence-corrected chi connectivity index (χ4v) is 7.94. The molecule has 23 heteroatoms. The predicted molar refractivity (Wildman–Crippen MR) is 173 cm³/mol. The highest BCUT2D eigenvalue weighted by atomic mass is 32.2. The van der Waals surface area contributed by atoms with Crippen molar-refractivity contribution in [2.45, 2.75) is 23.0 Å². The molecule has 8 N–H and O–H groups in total. The van der Waals surface area contributed by atoms with Crippen LogP contribution < -0.4 is 11.1 Å². The summed E-state index contributed by atoms with van der Waals surface area (Å²) in [5.74, 6) is -7.23. The third kappa shape index (κ3) is 6.30. The van der Waals surface area contributed by atoms with Gasteiger partial charge in [-0.2, -0.15) is 14.6 Å². The number of hydrogen-bond acceptors (Lipinski definition) is 17. The molecule has 0 bridgehead atoms. The molecule has 6 rings (SSSR count). The molecule has 3 aromatic heterocycles. The normalized spacial score (nSPS) is 17.3. The first kappa shape index (κ1) is 33.9. The minimum Gasteiger partial charge on any atom is -0.504 e. The summed E-state index contributed by atoms with van der Waals surface area (Å²) in [5.41, 5.74) is 4.32. The van der Waals surface area contributed by atoms with Gasteiger partial charge in [0, 0.05) is 28.5 Å². The number of aliphatic carboxylic acids is 1. The highest BCUT2D eigenvalue weighted by Crippen LogP contribution is 2.42. The molecule has 50 heavy (non-hydrogen) atoms. The number of carboxylic acids is 3. The number of aromatic carboxylic acids is 2. The Morgan fingerprint density at radius 3 is 2.56 bits per heavy atom. The molecule has 0 unspecified atom stereocenters. The van der Waals surface area contributed by atoms with E-state index in [4.69, 9.17) is 10.6 Å². The van der Waals surface area contributed by atoms with E-state index < -0.39 is 70.5 Å². The van der Waals surface area contributed by atoms with Crippen LogP contribution in [0.2, 0.25) is 0 Å². The summed E-state index contributed by atoms with van der Waals surface area (Å²) in [6.07, 6.45) is 1.19. The number of phenolic OH excluding ortho intramolecular Hbond substituents is 1. The predicted octanol–water partition coefficient (Wildman–Crippen LogP) is 0.422. The van der Waals surface area contributed by atoms with E-state index in [0.717, 1.165) is 34.1 Å². The second-order valence-electron chi connectivity index (χ2n) is 10.2. The number of carboxylic acid groups (broad SMARTS) is 3. The number of oxime groups is 1. The number of rotatable bonds is 12. The Balaban J connectivity index is 1.19. The van der Waals surface area contributed by atoms with Crippen molar-refractivity contribution in [3.8, 4) is 11.5 Å².